The summed E-state index contributed by atoms with van der Waals surface area (Å²) in [5.74, 6) is 2.10. The monoisotopic (exact) mass is 409 g/mol. The molecule has 2 aromatic carbocycles. The average Bonchev–Trinajstić information content (AvgIpc) is 2.74. The highest BCUT2D eigenvalue weighted by atomic mass is 32.2. The van der Waals surface area contributed by atoms with Crippen LogP contribution in [0.1, 0.15) is 55.8 Å². The minimum Gasteiger partial charge on any atom is -0.488 e. The van der Waals surface area contributed by atoms with Gasteiger partial charge in [0.2, 0.25) is 0 Å². The summed E-state index contributed by atoms with van der Waals surface area (Å²) in [4.78, 5) is 4.82. The third-order valence-electron chi connectivity index (χ3n) is 5.18. The highest BCUT2D eigenvalue weighted by Gasteiger charge is 2.15. The summed E-state index contributed by atoms with van der Waals surface area (Å²) in [6.07, 6.45) is 5.92. The first kappa shape index (κ1) is 21.5. The number of ether oxygens (including phenoxy) is 1. The van der Waals surface area contributed by atoms with Crippen molar-refractivity contribution >= 4 is 21.7 Å². The third kappa shape index (κ3) is 6.14. The van der Waals surface area contributed by atoms with Crippen molar-refractivity contribution in [2.75, 3.05) is 5.75 Å². The normalized spacial score (nSPS) is 12.2. The van der Waals surface area contributed by atoms with E-state index in [2.05, 4.69) is 19.1 Å². The van der Waals surface area contributed by atoms with E-state index in [1.54, 1.807) is 0 Å². The van der Waals surface area contributed by atoms with E-state index in [1.807, 2.05) is 49.4 Å². The van der Waals surface area contributed by atoms with Crippen molar-refractivity contribution in [2.24, 2.45) is 0 Å². The summed E-state index contributed by atoms with van der Waals surface area (Å²) in [5.41, 5.74) is 3.92. The molecule has 0 amide bonds. The van der Waals surface area contributed by atoms with Gasteiger partial charge in [0.05, 0.1) is 17.0 Å². The van der Waals surface area contributed by atoms with E-state index in [1.165, 1.54) is 19.3 Å². The molecule has 1 atom stereocenters. The van der Waals surface area contributed by atoms with Crippen molar-refractivity contribution in [1.29, 1.82) is 0 Å². The summed E-state index contributed by atoms with van der Waals surface area (Å²) in [6.45, 7) is 4.76. The molecule has 0 fully saturated rings. The van der Waals surface area contributed by atoms with Gasteiger partial charge in [0.1, 0.15) is 12.4 Å². The van der Waals surface area contributed by atoms with Gasteiger partial charge in [-0.25, -0.2) is 0 Å². The van der Waals surface area contributed by atoms with Crippen LogP contribution in [0.4, 0.5) is 0 Å². The fourth-order valence-corrected chi connectivity index (χ4v) is 4.73. The van der Waals surface area contributed by atoms with Gasteiger partial charge in [-0.15, -0.1) is 0 Å². The van der Waals surface area contributed by atoms with Crippen LogP contribution in [0.2, 0.25) is 0 Å². The Bertz CT molecular complexity index is 940. The van der Waals surface area contributed by atoms with Crippen LogP contribution in [-0.2, 0) is 23.2 Å². The summed E-state index contributed by atoms with van der Waals surface area (Å²) in [6, 6.07) is 18.2. The highest BCUT2D eigenvalue weighted by molar-refractivity contribution is 7.84. The van der Waals surface area contributed by atoms with Gasteiger partial charge in [0, 0.05) is 27.5 Å². The van der Waals surface area contributed by atoms with E-state index in [9.17, 15) is 4.21 Å². The zero-order chi connectivity index (χ0) is 20.5. The zero-order valence-corrected chi connectivity index (χ0v) is 18.3. The average molecular weight is 410 g/mol. The van der Waals surface area contributed by atoms with Crippen LogP contribution in [-0.4, -0.2) is 14.9 Å². The smallest absolute Gasteiger partial charge is 0.133 e. The molecule has 0 radical (unpaired) electrons. The minimum atomic E-state index is -0.896. The number of rotatable bonds is 11. The molecule has 0 saturated heterocycles. The van der Waals surface area contributed by atoms with Gasteiger partial charge in [-0.2, -0.15) is 0 Å². The Morgan fingerprint density at radius 3 is 2.45 bits per heavy atom. The maximum Gasteiger partial charge on any atom is 0.133 e. The van der Waals surface area contributed by atoms with E-state index in [-0.39, 0.29) is 0 Å². The van der Waals surface area contributed by atoms with Crippen molar-refractivity contribution in [3.63, 3.8) is 0 Å². The summed E-state index contributed by atoms with van der Waals surface area (Å²) < 4.78 is 18.9. The van der Waals surface area contributed by atoms with Crippen LogP contribution in [0.15, 0.2) is 54.6 Å². The molecule has 0 bridgehead atoms. The lowest BCUT2D eigenvalue weighted by molar-refractivity contribution is 0.307. The first-order valence-electron chi connectivity index (χ1n) is 10.6. The van der Waals surface area contributed by atoms with Crippen molar-refractivity contribution in [2.45, 2.75) is 58.3 Å². The number of hydrogen-bond donors (Lipinski definition) is 0. The second-order valence-electron chi connectivity index (χ2n) is 7.51. The van der Waals surface area contributed by atoms with Crippen molar-refractivity contribution in [3.05, 3.63) is 71.4 Å². The Hall–Kier alpha value is -2.20. The number of hydrogen-bond acceptors (Lipinski definition) is 3. The Labute approximate surface area is 177 Å². The van der Waals surface area contributed by atoms with Crippen LogP contribution in [0.25, 0.3) is 10.9 Å². The van der Waals surface area contributed by atoms with Gasteiger partial charge in [0.15, 0.2) is 0 Å². The summed E-state index contributed by atoms with van der Waals surface area (Å²) >= 11 is 0. The second-order valence-corrected chi connectivity index (χ2v) is 9.08. The van der Waals surface area contributed by atoms with E-state index in [0.717, 1.165) is 52.1 Å². The number of benzene rings is 2. The zero-order valence-electron chi connectivity index (χ0n) is 17.5. The second kappa shape index (κ2) is 11.1. The number of fused-ring (bicyclic) bond motifs is 1. The van der Waals surface area contributed by atoms with Crippen molar-refractivity contribution < 1.29 is 8.95 Å². The van der Waals surface area contributed by atoms with Crippen LogP contribution in [0, 0.1) is 6.92 Å². The molecule has 1 heterocycles. The van der Waals surface area contributed by atoms with Crippen LogP contribution in [0.3, 0.4) is 0 Å². The van der Waals surface area contributed by atoms with Gasteiger partial charge < -0.3 is 4.74 Å². The minimum absolute atomic E-state index is 0.492. The van der Waals surface area contributed by atoms with Crippen LogP contribution < -0.4 is 4.74 Å². The predicted molar refractivity (Wildman–Crippen MR) is 123 cm³/mol. The van der Waals surface area contributed by atoms with Crippen molar-refractivity contribution in [1.82, 2.24) is 4.98 Å². The van der Waals surface area contributed by atoms with E-state index in [0.29, 0.717) is 12.4 Å². The molecule has 4 heteroatoms. The van der Waals surface area contributed by atoms with Gasteiger partial charge in [-0.05, 0) is 31.0 Å². The first-order chi connectivity index (χ1) is 14.2. The highest BCUT2D eigenvalue weighted by Crippen LogP contribution is 2.31. The van der Waals surface area contributed by atoms with Gasteiger partial charge in [-0.3, -0.25) is 9.19 Å². The largest absolute Gasteiger partial charge is 0.488 e. The fraction of sp³-hybridized carbons (Fsp3) is 0.400. The number of pyridine rings is 1. The Morgan fingerprint density at radius 1 is 0.931 bits per heavy atom. The topological polar surface area (TPSA) is 39.2 Å². The SMILES string of the molecule is CCCCCCCS(=O)Cc1nc2ccccc2c(OCc2ccccc2)c1C. The first-order valence-corrected chi connectivity index (χ1v) is 12.1. The molecule has 154 valence electrons. The number of aromatic nitrogens is 1. The van der Waals surface area contributed by atoms with Gasteiger partial charge in [0.25, 0.3) is 0 Å². The quantitative estimate of drug-likeness (QED) is 0.347. The van der Waals surface area contributed by atoms with E-state index < -0.39 is 10.8 Å². The standard InChI is InChI=1S/C25H31NO2S/c1-3-4-5-6-12-17-29(27)19-24-20(2)25(22-15-10-11-16-23(22)26-24)28-18-21-13-8-7-9-14-21/h7-11,13-16H,3-6,12,17-19H2,1-2H3. The molecule has 0 aliphatic rings. The predicted octanol–water partition coefficient (Wildman–Crippen LogP) is 6.34. The molecule has 0 spiro atoms. The Balaban J connectivity index is 1.75. The molecule has 29 heavy (non-hydrogen) atoms. The van der Waals surface area contributed by atoms with E-state index in [4.69, 9.17) is 9.72 Å². The Kier molecular flexibility index (Phi) is 8.24. The lowest BCUT2D eigenvalue weighted by Crippen LogP contribution is -2.07. The molecule has 1 aromatic heterocycles. The van der Waals surface area contributed by atoms with E-state index >= 15 is 0 Å². The molecule has 0 aliphatic carbocycles. The number of nitrogens with zero attached hydrogens (tertiary/aromatic N) is 1. The lowest BCUT2D eigenvalue weighted by atomic mass is 10.1. The van der Waals surface area contributed by atoms with Gasteiger partial charge in [-0.1, -0.05) is 75.1 Å². The van der Waals surface area contributed by atoms with Crippen molar-refractivity contribution in [3.8, 4) is 5.75 Å². The molecule has 1 unspecified atom stereocenters. The number of para-hydroxylation sites is 1. The lowest BCUT2D eigenvalue weighted by Gasteiger charge is -2.15. The molecular formula is C25H31NO2S. The summed E-state index contributed by atoms with van der Waals surface area (Å²) in [7, 11) is -0.896. The molecule has 3 rings (SSSR count). The Morgan fingerprint density at radius 2 is 1.66 bits per heavy atom. The maximum atomic E-state index is 12.7. The molecular weight excluding hydrogens is 378 g/mol. The van der Waals surface area contributed by atoms with Crippen LogP contribution >= 0.6 is 0 Å². The molecule has 0 N–H and O–H groups in total. The fourth-order valence-electron chi connectivity index (χ4n) is 3.47. The molecule has 0 saturated carbocycles. The summed E-state index contributed by atoms with van der Waals surface area (Å²) in [5, 5.41) is 1.01. The molecule has 3 aromatic rings. The number of unbranched alkanes of at least 4 members (excludes halogenated alkanes) is 4. The molecule has 3 nitrogen and oxygen atoms in total. The third-order valence-corrected chi connectivity index (χ3v) is 6.52. The van der Waals surface area contributed by atoms with Gasteiger partial charge >= 0.3 is 0 Å². The molecule has 0 aliphatic heterocycles. The van der Waals surface area contributed by atoms with Crippen LogP contribution in [0.5, 0.6) is 5.75 Å². The maximum absolute atomic E-state index is 12.7.